The number of anilines is 2. The van der Waals surface area contributed by atoms with Crippen molar-refractivity contribution in [2.45, 2.75) is 13.8 Å². The lowest BCUT2D eigenvalue weighted by molar-refractivity contribution is -0.113. The first-order valence-corrected chi connectivity index (χ1v) is 12.9. The van der Waals surface area contributed by atoms with Gasteiger partial charge in [0.1, 0.15) is 22.4 Å². The molecule has 6 nitrogen and oxygen atoms in total. The molecule has 1 aromatic heterocycles. The molecule has 0 aliphatic carbocycles. The number of thioether (sulfide) groups is 1. The quantitative estimate of drug-likeness (QED) is 0.249. The Morgan fingerprint density at radius 2 is 1.71 bits per heavy atom. The lowest BCUT2D eigenvalue weighted by atomic mass is 10.2. The van der Waals surface area contributed by atoms with Crippen molar-refractivity contribution in [3.63, 3.8) is 0 Å². The first kappa shape index (κ1) is 24.3. The van der Waals surface area contributed by atoms with Gasteiger partial charge >= 0.3 is 0 Å². The third-order valence-electron chi connectivity index (χ3n) is 4.95. The fourth-order valence-electron chi connectivity index (χ4n) is 3.25. The number of carbonyl (C=O) groups excluding carboxylic acids is 1. The van der Waals surface area contributed by atoms with E-state index in [1.807, 2.05) is 74.5 Å². The van der Waals surface area contributed by atoms with Crippen molar-refractivity contribution in [3.05, 3.63) is 88.4 Å². The molecular formula is C27H24N4O2S2. The number of carbonyl (C=O) groups is 1. The molecule has 1 heterocycles. The molecule has 0 spiro atoms. The molecule has 0 radical (unpaired) electrons. The predicted octanol–water partition coefficient (Wildman–Crippen LogP) is 6.68. The molecule has 176 valence electrons. The second kappa shape index (κ2) is 11.6. The van der Waals surface area contributed by atoms with Gasteiger partial charge in [-0.25, -0.2) is 4.98 Å². The molecule has 0 bridgehead atoms. The van der Waals surface area contributed by atoms with E-state index in [1.54, 1.807) is 12.1 Å². The Morgan fingerprint density at radius 1 is 1.03 bits per heavy atom. The summed E-state index contributed by atoms with van der Waals surface area (Å²) in [5.41, 5.74) is 3.90. The van der Waals surface area contributed by atoms with Crippen molar-refractivity contribution >= 4 is 56.2 Å². The first-order chi connectivity index (χ1) is 17.1. The van der Waals surface area contributed by atoms with Crippen molar-refractivity contribution in [1.29, 1.82) is 5.26 Å². The summed E-state index contributed by atoms with van der Waals surface area (Å²) in [5.74, 6) is 0.697. The number of aromatic nitrogens is 1. The average molecular weight is 501 g/mol. The van der Waals surface area contributed by atoms with E-state index in [0.29, 0.717) is 27.9 Å². The number of hydrogen-bond donors (Lipinski definition) is 2. The maximum Gasteiger partial charge on any atom is 0.234 e. The Kier molecular flexibility index (Phi) is 8.03. The number of benzene rings is 3. The highest BCUT2D eigenvalue weighted by molar-refractivity contribution is 8.04. The Balaban J connectivity index is 1.56. The molecule has 0 saturated heterocycles. The van der Waals surface area contributed by atoms with Crippen LogP contribution in [-0.2, 0) is 4.79 Å². The van der Waals surface area contributed by atoms with Crippen LogP contribution in [0, 0.1) is 18.3 Å². The van der Waals surface area contributed by atoms with Crippen molar-refractivity contribution < 1.29 is 9.53 Å². The Labute approximate surface area is 212 Å². The summed E-state index contributed by atoms with van der Waals surface area (Å²) in [6.07, 6.45) is 0. The second-order valence-corrected chi connectivity index (χ2v) is 9.60. The van der Waals surface area contributed by atoms with Crippen molar-refractivity contribution in [2.75, 3.05) is 23.0 Å². The van der Waals surface area contributed by atoms with E-state index in [2.05, 4.69) is 21.7 Å². The number of nitrogens with zero attached hydrogens (tertiary/aromatic N) is 2. The fraction of sp³-hybridized carbons (Fsp3) is 0.148. The van der Waals surface area contributed by atoms with E-state index in [0.717, 1.165) is 27.2 Å². The van der Waals surface area contributed by atoms with Crippen LogP contribution in [0.2, 0.25) is 0 Å². The van der Waals surface area contributed by atoms with Gasteiger partial charge in [-0.05, 0) is 62.4 Å². The predicted molar refractivity (Wildman–Crippen MR) is 146 cm³/mol. The number of nitrogens with one attached hydrogen (secondary N) is 2. The normalized spacial score (nSPS) is 11.5. The molecule has 0 aliphatic heterocycles. The lowest BCUT2D eigenvalue weighted by Crippen LogP contribution is -2.15. The number of allylic oxidation sites excluding steroid dienone is 1. The van der Waals surface area contributed by atoms with E-state index in [9.17, 15) is 10.1 Å². The second-order valence-electron chi connectivity index (χ2n) is 7.59. The fourth-order valence-corrected chi connectivity index (χ4v) is 5.11. The van der Waals surface area contributed by atoms with Crippen molar-refractivity contribution in [3.8, 4) is 11.8 Å². The molecule has 2 N–H and O–H groups in total. The maximum atomic E-state index is 12.7. The molecule has 8 heteroatoms. The Bertz CT molecular complexity index is 1350. The molecule has 4 rings (SSSR count). The molecule has 0 aliphatic rings. The highest BCUT2D eigenvalue weighted by atomic mass is 32.2. The zero-order valence-electron chi connectivity index (χ0n) is 19.4. The minimum Gasteiger partial charge on any atom is -0.494 e. The molecule has 35 heavy (non-hydrogen) atoms. The molecule has 0 atom stereocenters. The summed E-state index contributed by atoms with van der Waals surface area (Å²) < 4.78 is 6.45. The Morgan fingerprint density at radius 3 is 2.40 bits per heavy atom. The van der Waals surface area contributed by atoms with Crippen LogP contribution in [0.3, 0.4) is 0 Å². The summed E-state index contributed by atoms with van der Waals surface area (Å²) in [6.45, 7) is 4.52. The van der Waals surface area contributed by atoms with Gasteiger partial charge in [0, 0.05) is 11.4 Å². The molecule has 0 unspecified atom stereocenters. The monoisotopic (exact) mass is 500 g/mol. The molecule has 1 amide bonds. The summed E-state index contributed by atoms with van der Waals surface area (Å²) in [5, 5.41) is 17.5. The third-order valence-corrected chi connectivity index (χ3v) is 7.01. The number of rotatable bonds is 9. The zero-order valence-corrected chi connectivity index (χ0v) is 21.0. The van der Waals surface area contributed by atoms with Crippen LogP contribution < -0.4 is 15.4 Å². The van der Waals surface area contributed by atoms with Gasteiger partial charge in [0.25, 0.3) is 0 Å². The van der Waals surface area contributed by atoms with Gasteiger partial charge in [0.05, 0.1) is 27.6 Å². The number of ether oxygens (including phenoxy) is 1. The van der Waals surface area contributed by atoms with Gasteiger partial charge in [-0.1, -0.05) is 41.6 Å². The van der Waals surface area contributed by atoms with E-state index in [4.69, 9.17) is 4.74 Å². The SMILES string of the molecule is CCOc1ccc(NC(=O)CSC(Nc2ccc(C)cc2)=C(C#N)c2nc3ccccc3s2)cc1. The van der Waals surface area contributed by atoms with Crippen LogP contribution in [0.15, 0.2) is 77.8 Å². The van der Waals surface area contributed by atoms with E-state index in [1.165, 1.54) is 23.1 Å². The zero-order chi connectivity index (χ0) is 24.6. The van der Waals surface area contributed by atoms with Crippen molar-refractivity contribution in [2.24, 2.45) is 0 Å². The largest absolute Gasteiger partial charge is 0.494 e. The topological polar surface area (TPSA) is 87.0 Å². The molecule has 3 aromatic carbocycles. The highest BCUT2D eigenvalue weighted by Crippen LogP contribution is 2.33. The van der Waals surface area contributed by atoms with Gasteiger partial charge in [-0.15, -0.1) is 11.3 Å². The van der Waals surface area contributed by atoms with Crippen LogP contribution in [0.25, 0.3) is 15.8 Å². The van der Waals surface area contributed by atoms with Crippen LogP contribution in [-0.4, -0.2) is 23.3 Å². The summed E-state index contributed by atoms with van der Waals surface area (Å²) in [6, 6.07) is 25.2. The average Bonchev–Trinajstić information content (AvgIpc) is 3.29. The molecule has 0 saturated carbocycles. The van der Waals surface area contributed by atoms with Crippen LogP contribution in [0.1, 0.15) is 17.5 Å². The van der Waals surface area contributed by atoms with Crippen LogP contribution in [0.4, 0.5) is 11.4 Å². The lowest BCUT2D eigenvalue weighted by Gasteiger charge is -2.13. The third kappa shape index (κ3) is 6.41. The molecule has 4 aromatic rings. The summed E-state index contributed by atoms with van der Waals surface area (Å²) in [4.78, 5) is 17.4. The molecule has 0 fully saturated rings. The number of hydrogen-bond acceptors (Lipinski definition) is 7. The maximum absolute atomic E-state index is 12.7. The first-order valence-electron chi connectivity index (χ1n) is 11.0. The minimum atomic E-state index is -0.177. The summed E-state index contributed by atoms with van der Waals surface area (Å²) >= 11 is 2.73. The van der Waals surface area contributed by atoms with Gasteiger partial charge in [0.15, 0.2) is 0 Å². The van der Waals surface area contributed by atoms with E-state index >= 15 is 0 Å². The number of nitriles is 1. The van der Waals surface area contributed by atoms with Crippen molar-refractivity contribution in [1.82, 2.24) is 4.98 Å². The number of fused-ring (bicyclic) bond motifs is 1. The number of amides is 1. The van der Waals surface area contributed by atoms with Crippen LogP contribution in [0.5, 0.6) is 5.75 Å². The van der Waals surface area contributed by atoms with Gasteiger partial charge in [-0.2, -0.15) is 5.26 Å². The van der Waals surface area contributed by atoms with E-state index in [-0.39, 0.29) is 11.7 Å². The molecular weight excluding hydrogens is 476 g/mol. The van der Waals surface area contributed by atoms with Gasteiger partial charge in [0.2, 0.25) is 5.91 Å². The summed E-state index contributed by atoms with van der Waals surface area (Å²) in [7, 11) is 0. The standard InChI is InChI=1S/C27H24N4O2S2/c1-3-33-21-14-12-19(13-15-21)29-25(32)17-34-26(30-20-10-8-18(2)9-11-20)22(16-28)27-31-23-6-4-5-7-24(23)35-27/h4-15,30H,3,17H2,1-2H3,(H,29,32). The number of aryl methyl sites for hydroxylation is 1. The number of thiazole rings is 1. The highest BCUT2D eigenvalue weighted by Gasteiger charge is 2.17. The smallest absolute Gasteiger partial charge is 0.234 e. The van der Waals surface area contributed by atoms with Crippen LogP contribution >= 0.6 is 23.1 Å². The van der Waals surface area contributed by atoms with E-state index < -0.39 is 0 Å². The van der Waals surface area contributed by atoms with Gasteiger partial charge in [-0.3, -0.25) is 4.79 Å². The minimum absolute atomic E-state index is 0.123. The Hall–Kier alpha value is -3.80. The van der Waals surface area contributed by atoms with Gasteiger partial charge < -0.3 is 15.4 Å². The number of para-hydroxylation sites is 1.